The predicted octanol–water partition coefficient (Wildman–Crippen LogP) is 3.07. The molecule has 45 heavy (non-hydrogen) atoms. The lowest BCUT2D eigenvalue weighted by atomic mass is 9.91. The fourth-order valence-electron chi connectivity index (χ4n) is 4.40. The number of likely N-dealkylation sites (N-methyl/N-ethyl adjacent to an activating group) is 4. The number of unbranched alkanes of at least 4 members (excludes halogenated alkanes) is 7. The number of rotatable bonds is 28. The summed E-state index contributed by atoms with van der Waals surface area (Å²) < 4.78 is 20.5. The highest BCUT2D eigenvalue weighted by atomic mass is 16.6. The van der Waals surface area contributed by atoms with Gasteiger partial charge in [0.1, 0.15) is 19.8 Å². The Bertz CT molecular complexity index is 783. The highest BCUT2D eigenvalue weighted by Crippen LogP contribution is 2.23. The Morgan fingerprint density at radius 1 is 0.467 bits per heavy atom. The summed E-state index contributed by atoms with van der Waals surface area (Å²) in [4.78, 5) is 56.7. The minimum atomic E-state index is -1.62. The van der Waals surface area contributed by atoms with Gasteiger partial charge in [-0.05, 0) is 54.1 Å². The molecule has 0 amide bonds. The molecule has 12 heteroatoms. The van der Waals surface area contributed by atoms with Crippen LogP contribution in [-0.2, 0) is 38.1 Å². The quantitative estimate of drug-likeness (QED) is 0.0708. The number of carbonyl (C=O) groups excluding carboxylic acids is 4. The van der Waals surface area contributed by atoms with Crippen LogP contribution < -0.4 is 0 Å². The van der Waals surface area contributed by atoms with Crippen LogP contribution in [0.4, 0.5) is 0 Å². The van der Waals surface area contributed by atoms with Crippen molar-refractivity contribution >= 4 is 23.9 Å². The third kappa shape index (κ3) is 23.7. The van der Waals surface area contributed by atoms with Crippen molar-refractivity contribution < 1.29 is 38.1 Å². The van der Waals surface area contributed by atoms with Crippen LogP contribution in [0.2, 0.25) is 0 Å². The molecule has 12 nitrogen and oxygen atoms in total. The normalized spacial score (nSPS) is 11.8. The maximum Gasteiger partial charge on any atom is 0.322 e. The van der Waals surface area contributed by atoms with Crippen molar-refractivity contribution in [3.8, 4) is 0 Å². The Hall–Kier alpha value is -2.28. The first-order valence-electron chi connectivity index (χ1n) is 16.6. The van der Waals surface area contributed by atoms with Gasteiger partial charge in [-0.15, -0.1) is 0 Å². The van der Waals surface area contributed by atoms with Crippen LogP contribution in [0.15, 0.2) is 0 Å². The Balaban J connectivity index is 4.10. The van der Waals surface area contributed by atoms with E-state index in [-0.39, 0.29) is 6.61 Å². The third-order valence-electron chi connectivity index (χ3n) is 7.89. The lowest BCUT2D eigenvalue weighted by Crippen LogP contribution is -2.47. The van der Waals surface area contributed by atoms with Gasteiger partial charge in [-0.3, -0.25) is 19.2 Å². The van der Waals surface area contributed by atoms with Crippen LogP contribution in [0, 0.1) is 5.41 Å². The number of hydrogen-bond acceptors (Lipinski definition) is 12. The van der Waals surface area contributed by atoms with Crippen molar-refractivity contribution in [1.29, 1.82) is 0 Å². The monoisotopic (exact) mass is 644 g/mol. The summed E-state index contributed by atoms with van der Waals surface area (Å²) in [6.07, 6.45) is 8.61. The lowest BCUT2D eigenvalue weighted by molar-refractivity contribution is -0.178. The minimum Gasteiger partial charge on any atom is -0.465 e. The van der Waals surface area contributed by atoms with Gasteiger partial charge in [0.25, 0.3) is 0 Å². The Kier molecular flexibility index (Phi) is 24.6. The molecule has 0 aromatic heterocycles. The Morgan fingerprint density at radius 3 is 1.18 bits per heavy atom. The molecule has 0 aromatic carbocycles. The molecule has 0 N–H and O–H groups in total. The average molecular weight is 645 g/mol. The summed E-state index contributed by atoms with van der Waals surface area (Å²) in [5, 5.41) is 0. The van der Waals surface area contributed by atoms with Crippen molar-refractivity contribution in [2.75, 3.05) is 107 Å². The van der Waals surface area contributed by atoms with Gasteiger partial charge in [-0.2, -0.15) is 0 Å². The summed E-state index contributed by atoms with van der Waals surface area (Å²) in [5.74, 6) is -2.59. The molecule has 0 radical (unpaired) electrons. The van der Waals surface area contributed by atoms with Crippen LogP contribution in [0.25, 0.3) is 0 Å². The van der Waals surface area contributed by atoms with Gasteiger partial charge >= 0.3 is 23.9 Å². The minimum absolute atomic E-state index is 0.176. The van der Waals surface area contributed by atoms with E-state index in [2.05, 4.69) is 54.7 Å². The van der Waals surface area contributed by atoms with Gasteiger partial charge in [0.05, 0.1) is 6.61 Å². The van der Waals surface area contributed by atoms with E-state index < -0.39 is 49.1 Å². The molecule has 0 unspecified atom stereocenters. The third-order valence-corrected chi connectivity index (χ3v) is 7.89. The number of carbonyl (C=O) groups is 4. The Labute approximate surface area is 273 Å². The van der Waals surface area contributed by atoms with Crippen LogP contribution in [-0.4, -0.2) is 150 Å². The number of hydrogen-bond donors (Lipinski definition) is 0. The highest BCUT2D eigenvalue weighted by Gasteiger charge is 2.44. The summed E-state index contributed by atoms with van der Waals surface area (Å²) >= 11 is 0. The largest absolute Gasteiger partial charge is 0.465 e. The molecule has 0 aliphatic rings. The smallest absolute Gasteiger partial charge is 0.322 e. The van der Waals surface area contributed by atoms with Gasteiger partial charge in [-0.1, -0.05) is 45.4 Å². The second-order valence-corrected chi connectivity index (χ2v) is 12.4. The van der Waals surface area contributed by atoms with Gasteiger partial charge < -0.3 is 38.5 Å². The number of ether oxygens (including phenoxy) is 4. The molecular formula is C33H64N4O8. The molecule has 0 aliphatic heterocycles. The van der Waals surface area contributed by atoms with Crippen molar-refractivity contribution in [2.24, 2.45) is 5.41 Å². The molecule has 0 heterocycles. The molecule has 0 fully saturated rings. The van der Waals surface area contributed by atoms with Gasteiger partial charge in [-0.25, -0.2) is 0 Å². The van der Waals surface area contributed by atoms with E-state index in [1.54, 1.807) is 0 Å². The first-order chi connectivity index (χ1) is 21.3. The fraction of sp³-hybridized carbons (Fsp3) is 0.879. The van der Waals surface area contributed by atoms with E-state index in [4.69, 9.17) is 18.9 Å². The molecule has 0 saturated heterocycles. The van der Waals surface area contributed by atoms with Crippen molar-refractivity contribution in [3.63, 3.8) is 0 Å². The van der Waals surface area contributed by atoms with E-state index in [1.807, 2.05) is 0 Å². The van der Waals surface area contributed by atoms with Crippen LogP contribution in [0.3, 0.4) is 0 Å². The number of nitrogens with zero attached hydrogens (tertiary/aromatic N) is 4. The zero-order valence-electron chi connectivity index (χ0n) is 29.7. The molecule has 0 spiro atoms. The summed E-state index contributed by atoms with van der Waals surface area (Å²) in [6.45, 7) is 13.5. The van der Waals surface area contributed by atoms with E-state index in [9.17, 15) is 19.2 Å². The molecule has 264 valence electrons. The zero-order valence-corrected chi connectivity index (χ0v) is 29.7. The van der Waals surface area contributed by atoms with Gasteiger partial charge in [0.15, 0.2) is 5.41 Å². The maximum absolute atomic E-state index is 13.0. The van der Waals surface area contributed by atoms with E-state index in [0.29, 0.717) is 6.42 Å². The molecule has 0 bridgehead atoms. The SMILES string of the molecule is CCN(C)CCN(C)CCN(C)CCN(C)CCCCCCCCCCOC(=O)C(COC(C)=O)(COC(C)=O)COC(C)=O. The standard InChI is InChI=1S/C33H64N4O8/c1-9-34(5)19-20-36(7)23-24-37(8)22-21-35(6)18-16-14-12-10-11-13-15-17-25-42-32(41)33(26-43-29(2)38,27-44-30(3)39)28-45-31(4)40/h9-28H2,1-8H3. The van der Waals surface area contributed by atoms with Crippen molar-refractivity contribution in [1.82, 2.24) is 19.6 Å². The molecule has 0 atom stereocenters. The van der Waals surface area contributed by atoms with Gasteiger partial charge in [0, 0.05) is 60.0 Å². The second-order valence-electron chi connectivity index (χ2n) is 12.4. The van der Waals surface area contributed by atoms with E-state index >= 15 is 0 Å². The first kappa shape index (κ1) is 42.7. The molecule has 0 aromatic rings. The second kappa shape index (κ2) is 25.9. The molecule has 0 saturated carbocycles. The van der Waals surface area contributed by atoms with E-state index in [0.717, 1.165) is 71.6 Å². The molecule has 0 rings (SSSR count). The predicted molar refractivity (Wildman–Crippen MR) is 176 cm³/mol. The Morgan fingerprint density at radius 2 is 0.800 bits per heavy atom. The number of esters is 4. The highest BCUT2D eigenvalue weighted by molar-refractivity contribution is 5.79. The topological polar surface area (TPSA) is 118 Å². The fourth-order valence-corrected chi connectivity index (χ4v) is 4.40. The van der Waals surface area contributed by atoms with Crippen LogP contribution >= 0.6 is 0 Å². The van der Waals surface area contributed by atoms with Crippen molar-refractivity contribution in [3.05, 3.63) is 0 Å². The van der Waals surface area contributed by atoms with Crippen LogP contribution in [0.5, 0.6) is 0 Å². The average Bonchev–Trinajstić information content (AvgIpc) is 2.99. The lowest BCUT2D eigenvalue weighted by Gasteiger charge is -2.29. The van der Waals surface area contributed by atoms with Crippen molar-refractivity contribution in [2.45, 2.75) is 79.1 Å². The van der Waals surface area contributed by atoms with E-state index in [1.165, 1.54) is 46.5 Å². The zero-order chi connectivity index (χ0) is 34.1. The summed E-state index contributed by atoms with van der Waals surface area (Å²) in [7, 11) is 8.79. The molecule has 0 aliphatic carbocycles. The maximum atomic E-state index is 13.0. The first-order valence-corrected chi connectivity index (χ1v) is 16.6. The van der Waals surface area contributed by atoms with Gasteiger partial charge in [0.2, 0.25) is 0 Å². The summed E-state index contributed by atoms with van der Waals surface area (Å²) in [5.41, 5.74) is -1.62. The molecular weight excluding hydrogens is 580 g/mol. The van der Waals surface area contributed by atoms with Crippen LogP contribution in [0.1, 0.15) is 79.1 Å². The summed E-state index contributed by atoms with van der Waals surface area (Å²) in [6, 6.07) is 0.